The Hall–Kier alpha value is -2.69. The van der Waals surface area contributed by atoms with E-state index >= 15 is 0 Å². The Labute approximate surface area is 212 Å². The molecule has 0 bridgehead atoms. The van der Waals surface area contributed by atoms with Crippen molar-refractivity contribution in [3.05, 3.63) is 52.3 Å². The molecule has 2 N–H and O–H groups in total. The SMILES string of the molecule is Cl.Cn1c(=O)ccc2ncc(F)c(OCC3CCC(NCc4cnc5c(c4)NC(=O)CS5)CC3)c21. The van der Waals surface area contributed by atoms with Crippen LogP contribution < -0.4 is 20.9 Å². The van der Waals surface area contributed by atoms with E-state index in [4.69, 9.17) is 4.74 Å². The number of aromatic nitrogens is 3. The molecule has 0 saturated heterocycles. The van der Waals surface area contributed by atoms with E-state index in [0.717, 1.165) is 48.2 Å². The van der Waals surface area contributed by atoms with Crippen LogP contribution in [0.15, 0.2) is 40.4 Å². The minimum atomic E-state index is -0.558. The van der Waals surface area contributed by atoms with Crippen molar-refractivity contribution in [2.45, 2.75) is 43.3 Å². The van der Waals surface area contributed by atoms with E-state index in [9.17, 15) is 14.0 Å². The maximum atomic E-state index is 14.5. The number of fused-ring (bicyclic) bond motifs is 2. The van der Waals surface area contributed by atoms with Crippen LogP contribution in [0.3, 0.4) is 0 Å². The zero-order valence-electron chi connectivity index (χ0n) is 19.3. The minimum absolute atomic E-state index is 0. The van der Waals surface area contributed by atoms with Gasteiger partial charge in [0.05, 0.1) is 29.8 Å². The number of ether oxygens (including phenoxy) is 1. The summed E-state index contributed by atoms with van der Waals surface area (Å²) in [4.78, 5) is 32.2. The van der Waals surface area contributed by atoms with Crippen LogP contribution in [-0.2, 0) is 18.4 Å². The van der Waals surface area contributed by atoms with Gasteiger partial charge in [-0.2, -0.15) is 0 Å². The molecule has 0 radical (unpaired) electrons. The fourth-order valence-corrected chi connectivity index (χ4v) is 5.28. The van der Waals surface area contributed by atoms with Crippen molar-refractivity contribution >= 4 is 46.8 Å². The number of thioether (sulfide) groups is 1. The van der Waals surface area contributed by atoms with Crippen LogP contribution in [0, 0.1) is 11.7 Å². The summed E-state index contributed by atoms with van der Waals surface area (Å²) in [6.07, 6.45) is 6.93. The van der Waals surface area contributed by atoms with Gasteiger partial charge in [0.2, 0.25) is 5.91 Å². The van der Waals surface area contributed by atoms with Gasteiger partial charge < -0.3 is 19.9 Å². The van der Waals surface area contributed by atoms with Crippen LogP contribution in [0.2, 0.25) is 0 Å². The monoisotopic (exact) mass is 519 g/mol. The highest BCUT2D eigenvalue weighted by Crippen LogP contribution is 2.31. The summed E-state index contributed by atoms with van der Waals surface area (Å²) in [5.41, 5.74) is 2.51. The molecule has 1 saturated carbocycles. The van der Waals surface area contributed by atoms with Gasteiger partial charge in [0.1, 0.15) is 10.5 Å². The van der Waals surface area contributed by atoms with E-state index in [2.05, 4.69) is 20.6 Å². The van der Waals surface area contributed by atoms with Gasteiger partial charge in [-0.1, -0.05) is 11.8 Å². The van der Waals surface area contributed by atoms with Crippen molar-refractivity contribution in [1.82, 2.24) is 19.9 Å². The van der Waals surface area contributed by atoms with Crippen LogP contribution in [0.5, 0.6) is 5.75 Å². The molecule has 4 heterocycles. The van der Waals surface area contributed by atoms with E-state index < -0.39 is 5.82 Å². The zero-order valence-corrected chi connectivity index (χ0v) is 20.9. The third kappa shape index (κ3) is 5.60. The van der Waals surface area contributed by atoms with Gasteiger partial charge >= 0.3 is 0 Å². The average Bonchev–Trinajstić information content (AvgIpc) is 2.85. The third-order valence-electron chi connectivity index (χ3n) is 6.47. The number of hydrogen-bond donors (Lipinski definition) is 2. The number of rotatable bonds is 6. The summed E-state index contributed by atoms with van der Waals surface area (Å²) in [6.45, 7) is 1.09. The molecule has 8 nitrogen and oxygen atoms in total. The van der Waals surface area contributed by atoms with Gasteiger partial charge in [-0.05, 0) is 49.3 Å². The highest BCUT2D eigenvalue weighted by atomic mass is 35.5. The van der Waals surface area contributed by atoms with E-state index in [1.54, 1.807) is 13.1 Å². The van der Waals surface area contributed by atoms with Crippen molar-refractivity contribution in [3.63, 3.8) is 0 Å². The van der Waals surface area contributed by atoms with Gasteiger partial charge in [0.15, 0.2) is 11.6 Å². The van der Waals surface area contributed by atoms with Gasteiger partial charge in [0, 0.05) is 31.9 Å². The second-order valence-electron chi connectivity index (χ2n) is 8.84. The van der Waals surface area contributed by atoms with Crippen LogP contribution in [0.1, 0.15) is 31.2 Å². The first kappa shape index (κ1) is 25.4. The smallest absolute Gasteiger partial charge is 0.250 e. The van der Waals surface area contributed by atoms with Crippen molar-refractivity contribution in [2.24, 2.45) is 13.0 Å². The molecular weight excluding hydrogens is 493 g/mol. The largest absolute Gasteiger partial charge is 0.488 e. The molecule has 35 heavy (non-hydrogen) atoms. The van der Waals surface area contributed by atoms with Crippen LogP contribution >= 0.6 is 24.2 Å². The second-order valence-corrected chi connectivity index (χ2v) is 9.81. The van der Waals surface area contributed by atoms with Crippen molar-refractivity contribution < 1.29 is 13.9 Å². The number of carbonyl (C=O) groups is 1. The lowest BCUT2D eigenvalue weighted by Gasteiger charge is -2.29. The molecule has 186 valence electrons. The van der Waals surface area contributed by atoms with E-state index in [1.807, 2.05) is 12.3 Å². The quantitative estimate of drug-likeness (QED) is 0.513. The van der Waals surface area contributed by atoms with Crippen LogP contribution in [0.25, 0.3) is 11.0 Å². The van der Waals surface area contributed by atoms with Gasteiger partial charge in [-0.15, -0.1) is 12.4 Å². The number of hydrogen-bond acceptors (Lipinski definition) is 7. The van der Waals surface area contributed by atoms with Crippen molar-refractivity contribution in [1.29, 1.82) is 0 Å². The van der Waals surface area contributed by atoms with Gasteiger partial charge in [-0.25, -0.2) is 9.37 Å². The molecule has 3 aromatic rings. The summed E-state index contributed by atoms with van der Waals surface area (Å²) in [5.74, 6) is 0.269. The molecule has 1 fully saturated rings. The molecule has 1 aliphatic carbocycles. The second kappa shape index (κ2) is 10.9. The van der Waals surface area contributed by atoms with Gasteiger partial charge in [0.25, 0.3) is 5.56 Å². The molecule has 0 aromatic carbocycles. The molecule has 0 spiro atoms. The molecule has 3 aromatic heterocycles. The van der Waals surface area contributed by atoms with E-state index in [1.165, 1.54) is 22.4 Å². The number of nitrogens with zero attached hydrogens (tertiary/aromatic N) is 3. The summed E-state index contributed by atoms with van der Waals surface area (Å²) < 4.78 is 21.8. The Bertz CT molecular complexity index is 1300. The molecule has 11 heteroatoms. The molecule has 2 aliphatic rings. The third-order valence-corrected chi connectivity index (χ3v) is 7.47. The Morgan fingerprint density at radius 1 is 1.20 bits per heavy atom. The van der Waals surface area contributed by atoms with Crippen molar-refractivity contribution in [3.8, 4) is 5.75 Å². The first-order valence-electron chi connectivity index (χ1n) is 11.4. The van der Waals surface area contributed by atoms with Gasteiger partial charge in [-0.3, -0.25) is 14.6 Å². The Morgan fingerprint density at radius 2 is 2.00 bits per heavy atom. The number of anilines is 1. The number of amides is 1. The molecular formula is C24H27ClFN5O3S. The highest BCUT2D eigenvalue weighted by Gasteiger charge is 2.23. The number of nitrogens with one attached hydrogen (secondary N) is 2. The number of pyridine rings is 3. The lowest BCUT2D eigenvalue weighted by Crippen LogP contribution is -2.34. The Balaban J connectivity index is 0.00000289. The maximum absolute atomic E-state index is 14.5. The first-order valence-corrected chi connectivity index (χ1v) is 12.4. The highest BCUT2D eigenvalue weighted by molar-refractivity contribution is 8.00. The van der Waals surface area contributed by atoms with E-state index in [-0.39, 0.29) is 29.6 Å². The lowest BCUT2D eigenvalue weighted by atomic mass is 9.86. The number of aryl methyl sites for hydroxylation is 1. The average molecular weight is 520 g/mol. The number of halogens is 2. The zero-order chi connectivity index (χ0) is 23.7. The summed E-state index contributed by atoms with van der Waals surface area (Å²) in [6, 6.07) is 5.38. The molecule has 0 unspecified atom stereocenters. The molecule has 5 rings (SSSR count). The predicted molar refractivity (Wildman–Crippen MR) is 136 cm³/mol. The maximum Gasteiger partial charge on any atom is 0.250 e. The minimum Gasteiger partial charge on any atom is -0.488 e. The predicted octanol–water partition coefficient (Wildman–Crippen LogP) is 3.66. The summed E-state index contributed by atoms with van der Waals surface area (Å²) in [7, 11) is 1.60. The fraction of sp³-hybridized carbons (Fsp3) is 0.417. The fourth-order valence-electron chi connectivity index (χ4n) is 4.54. The Morgan fingerprint density at radius 3 is 2.80 bits per heavy atom. The molecule has 1 amide bonds. The summed E-state index contributed by atoms with van der Waals surface area (Å²) >= 11 is 1.46. The van der Waals surface area contributed by atoms with Crippen LogP contribution in [-0.4, -0.2) is 38.8 Å². The normalized spacial score (nSPS) is 19.5. The standard InChI is InChI=1S/C24H26FN5O3S.ClH/c1-30-21(32)7-6-18-22(30)23(17(25)11-27-18)33-12-14-2-4-16(5-3-14)26-9-15-8-19-24(28-10-15)34-13-20(31)29-19;/h6-8,10-11,14,16,26H,2-5,9,12-13H2,1H3,(H,29,31);1H. The van der Waals surface area contributed by atoms with Crippen molar-refractivity contribution in [2.75, 3.05) is 17.7 Å². The summed E-state index contributed by atoms with van der Waals surface area (Å²) in [5, 5.41) is 7.33. The molecule has 1 aliphatic heterocycles. The lowest BCUT2D eigenvalue weighted by molar-refractivity contribution is -0.113. The van der Waals surface area contributed by atoms with E-state index in [0.29, 0.717) is 41.9 Å². The topological polar surface area (TPSA) is 98.1 Å². The first-order chi connectivity index (χ1) is 16.5. The number of carbonyl (C=O) groups excluding carboxylic acids is 1. The Kier molecular flexibility index (Phi) is 7.93. The molecule has 0 atom stereocenters. The van der Waals surface area contributed by atoms with Crippen LogP contribution in [0.4, 0.5) is 10.1 Å².